The normalized spacial score (nSPS) is 12.1. The zero-order valence-electron chi connectivity index (χ0n) is 14.8. The van der Waals surface area contributed by atoms with Crippen molar-refractivity contribution < 1.29 is 18.5 Å². The molecule has 7 nitrogen and oxygen atoms in total. The summed E-state index contributed by atoms with van der Waals surface area (Å²) in [5, 5.41) is 14.3. The molecule has 1 amide bonds. The molecule has 1 aromatic heterocycles. The number of nitro groups is 1. The van der Waals surface area contributed by atoms with E-state index in [1.807, 2.05) is 30.3 Å². The number of furan rings is 1. The Kier molecular flexibility index (Phi) is 5.59. The average molecular weight is 381 g/mol. The van der Waals surface area contributed by atoms with Crippen LogP contribution in [0.1, 0.15) is 24.2 Å². The van der Waals surface area contributed by atoms with Crippen molar-refractivity contribution in [1.29, 1.82) is 0 Å². The maximum Gasteiger partial charge on any atom is 0.433 e. The summed E-state index contributed by atoms with van der Waals surface area (Å²) < 4.78 is 19.4. The van der Waals surface area contributed by atoms with Gasteiger partial charge < -0.3 is 4.42 Å². The first kappa shape index (κ1) is 19.0. The highest BCUT2D eigenvalue weighted by molar-refractivity contribution is 5.85. The number of halogens is 1. The van der Waals surface area contributed by atoms with E-state index in [4.69, 9.17) is 4.42 Å². The molecule has 0 fully saturated rings. The van der Waals surface area contributed by atoms with E-state index in [0.29, 0.717) is 11.1 Å². The minimum atomic E-state index is -0.675. The molecule has 2 aromatic carbocycles. The summed E-state index contributed by atoms with van der Waals surface area (Å²) >= 11 is 0. The van der Waals surface area contributed by atoms with Crippen molar-refractivity contribution in [1.82, 2.24) is 5.43 Å². The van der Waals surface area contributed by atoms with Crippen LogP contribution in [-0.2, 0) is 4.79 Å². The van der Waals surface area contributed by atoms with Gasteiger partial charge in [-0.2, -0.15) is 5.10 Å². The minimum Gasteiger partial charge on any atom is -0.400 e. The summed E-state index contributed by atoms with van der Waals surface area (Å²) in [6, 6.07) is 16.3. The number of hydrogen-bond acceptors (Lipinski definition) is 5. The van der Waals surface area contributed by atoms with Crippen molar-refractivity contribution >= 4 is 18.0 Å². The number of amides is 1. The Morgan fingerprint density at radius 3 is 2.61 bits per heavy atom. The van der Waals surface area contributed by atoms with Crippen molar-refractivity contribution in [2.45, 2.75) is 12.8 Å². The highest BCUT2D eigenvalue weighted by atomic mass is 19.1. The fourth-order valence-electron chi connectivity index (χ4n) is 2.57. The predicted molar refractivity (Wildman–Crippen MR) is 101 cm³/mol. The number of hydrazone groups is 1. The Balaban J connectivity index is 1.66. The lowest BCUT2D eigenvalue weighted by Gasteiger charge is -2.12. The lowest BCUT2D eigenvalue weighted by molar-refractivity contribution is -0.402. The fourth-order valence-corrected chi connectivity index (χ4v) is 2.57. The monoisotopic (exact) mass is 381 g/mol. The zero-order valence-corrected chi connectivity index (χ0v) is 14.8. The van der Waals surface area contributed by atoms with Gasteiger partial charge in [0.2, 0.25) is 5.91 Å². The molecule has 3 aromatic rings. The van der Waals surface area contributed by atoms with Crippen LogP contribution in [0, 0.1) is 15.9 Å². The third-order valence-corrected chi connectivity index (χ3v) is 4.13. The van der Waals surface area contributed by atoms with Gasteiger partial charge in [0.15, 0.2) is 5.76 Å². The van der Waals surface area contributed by atoms with Gasteiger partial charge in [0, 0.05) is 5.56 Å². The molecule has 0 bridgehead atoms. The van der Waals surface area contributed by atoms with E-state index < -0.39 is 28.4 Å². The maximum absolute atomic E-state index is 14.5. The Bertz CT molecular complexity index is 1030. The van der Waals surface area contributed by atoms with E-state index in [2.05, 4.69) is 10.5 Å². The molecule has 1 heterocycles. The van der Waals surface area contributed by atoms with Crippen molar-refractivity contribution in [3.63, 3.8) is 0 Å². The Labute approximate surface area is 159 Å². The summed E-state index contributed by atoms with van der Waals surface area (Å²) in [6.07, 6.45) is 1.15. The molecule has 1 atom stereocenters. The van der Waals surface area contributed by atoms with Crippen molar-refractivity contribution in [2.24, 2.45) is 5.10 Å². The van der Waals surface area contributed by atoms with E-state index >= 15 is 0 Å². The Morgan fingerprint density at radius 2 is 1.96 bits per heavy atom. The number of rotatable bonds is 6. The summed E-state index contributed by atoms with van der Waals surface area (Å²) in [4.78, 5) is 22.1. The molecule has 142 valence electrons. The molecule has 0 aliphatic carbocycles. The van der Waals surface area contributed by atoms with Crippen molar-refractivity contribution in [3.05, 3.63) is 87.9 Å². The largest absolute Gasteiger partial charge is 0.433 e. The van der Waals surface area contributed by atoms with Crippen LogP contribution in [0.3, 0.4) is 0 Å². The molecular weight excluding hydrogens is 365 g/mol. The molecule has 1 N–H and O–H groups in total. The summed E-state index contributed by atoms with van der Waals surface area (Å²) in [6.45, 7) is 1.62. The maximum atomic E-state index is 14.5. The first-order chi connectivity index (χ1) is 13.5. The lowest BCUT2D eigenvalue weighted by atomic mass is 9.96. The second-order valence-electron chi connectivity index (χ2n) is 5.99. The van der Waals surface area contributed by atoms with Gasteiger partial charge >= 0.3 is 5.88 Å². The predicted octanol–water partition coefficient (Wildman–Crippen LogP) is 4.25. The molecule has 3 rings (SSSR count). The standard InChI is InChI=1S/C20H16FN3O4/c1-13(20(25)23-22-12-16-8-10-19(28-16)24(26)27)15-7-9-17(18(21)11-15)14-5-3-2-4-6-14/h2-13H,1H3,(H,23,25)/b22-12+. The second kappa shape index (κ2) is 8.26. The van der Waals surface area contributed by atoms with Crippen LogP contribution in [0.25, 0.3) is 11.1 Å². The molecule has 1 unspecified atom stereocenters. The van der Waals surface area contributed by atoms with Crippen LogP contribution in [0.2, 0.25) is 0 Å². The molecule has 0 saturated heterocycles. The highest BCUT2D eigenvalue weighted by Crippen LogP contribution is 2.26. The molecule has 0 aliphatic heterocycles. The van der Waals surface area contributed by atoms with Crippen LogP contribution in [-0.4, -0.2) is 17.0 Å². The molecule has 0 saturated carbocycles. The van der Waals surface area contributed by atoms with Crippen LogP contribution in [0.15, 0.2) is 70.2 Å². The van der Waals surface area contributed by atoms with Gasteiger partial charge in [0.1, 0.15) is 10.7 Å². The molecule has 0 aliphatic rings. The van der Waals surface area contributed by atoms with Gasteiger partial charge in [0.25, 0.3) is 0 Å². The first-order valence-corrected chi connectivity index (χ1v) is 8.37. The Morgan fingerprint density at radius 1 is 1.21 bits per heavy atom. The fraction of sp³-hybridized carbons (Fsp3) is 0.100. The first-order valence-electron chi connectivity index (χ1n) is 8.37. The van der Waals surface area contributed by atoms with Gasteiger partial charge in [-0.3, -0.25) is 14.9 Å². The van der Waals surface area contributed by atoms with Crippen LogP contribution >= 0.6 is 0 Å². The average Bonchev–Trinajstić information content (AvgIpc) is 3.17. The molecule has 0 spiro atoms. The summed E-state index contributed by atoms with van der Waals surface area (Å²) in [5.41, 5.74) is 4.01. The van der Waals surface area contributed by atoms with Crippen LogP contribution in [0.4, 0.5) is 10.3 Å². The third kappa shape index (κ3) is 4.29. The second-order valence-corrected chi connectivity index (χ2v) is 5.99. The molecule has 8 heteroatoms. The van der Waals surface area contributed by atoms with Crippen molar-refractivity contribution in [3.8, 4) is 11.1 Å². The van der Waals surface area contributed by atoms with Gasteiger partial charge in [-0.1, -0.05) is 42.5 Å². The van der Waals surface area contributed by atoms with E-state index in [1.54, 1.807) is 19.1 Å². The number of carbonyl (C=O) groups excluding carboxylic acids is 1. The number of carbonyl (C=O) groups is 1. The Hall–Kier alpha value is -3.81. The number of hydrogen-bond donors (Lipinski definition) is 1. The molecule has 28 heavy (non-hydrogen) atoms. The van der Waals surface area contributed by atoms with E-state index in [1.165, 1.54) is 18.2 Å². The number of nitrogens with one attached hydrogen (secondary N) is 1. The smallest absolute Gasteiger partial charge is 0.400 e. The highest BCUT2D eigenvalue weighted by Gasteiger charge is 2.17. The molecule has 0 radical (unpaired) electrons. The van der Waals surface area contributed by atoms with Gasteiger partial charge in [-0.25, -0.2) is 9.82 Å². The molecular formula is C20H16FN3O4. The van der Waals surface area contributed by atoms with E-state index in [0.717, 1.165) is 11.8 Å². The quantitative estimate of drug-likeness (QED) is 0.392. The number of nitrogens with zero attached hydrogens (tertiary/aromatic N) is 2. The van der Waals surface area contributed by atoms with Crippen molar-refractivity contribution in [2.75, 3.05) is 0 Å². The third-order valence-electron chi connectivity index (χ3n) is 4.13. The summed E-state index contributed by atoms with van der Waals surface area (Å²) in [5.74, 6) is -1.82. The number of benzene rings is 2. The van der Waals surface area contributed by atoms with Gasteiger partial charge in [0.05, 0.1) is 18.2 Å². The summed E-state index contributed by atoms with van der Waals surface area (Å²) in [7, 11) is 0. The minimum absolute atomic E-state index is 0.123. The SMILES string of the molecule is CC(C(=O)N/N=C/c1ccc([N+](=O)[O-])o1)c1ccc(-c2ccccc2)c(F)c1. The topological polar surface area (TPSA) is 97.7 Å². The van der Waals surface area contributed by atoms with Crippen LogP contribution < -0.4 is 5.43 Å². The van der Waals surface area contributed by atoms with Gasteiger partial charge in [-0.15, -0.1) is 0 Å². The van der Waals surface area contributed by atoms with Gasteiger partial charge in [-0.05, 0) is 30.2 Å². The zero-order chi connectivity index (χ0) is 20.1. The van der Waals surface area contributed by atoms with E-state index in [9.17, 15) is 19.3 Å². The lowest BCUT2D eigenvalue weighted by Crippen LogP contribution is -2.23. The van der Waals surface area contributed by atoms with E-state index in [-0.39, 0.29) is 5.76 Å². The van der Waals surface area contributed by atoms with Crippen LogP contribution in [0.5, 0.6) is 0 Å².